The lowest BCUT2D eigenvalue weighted by atomic mass is 10.1. The second-order valence-electron chi connectivity index (χ2n) is 7.06. The number of fused-ring (bicyclic) bond motifs is 4. The van der Waals surface area contributed by atoms with Gasteiger partial charge in [-0.05, 0) is 48.4 Å². The van der Waals surface area contributed by atoms with Crippen molar-refractivity contribution >= 4 is 40.4 Å². The van der Waals surface area contributed by atoms with Crippen LogP contribution in [-0.2, 0) is 0 Å². The summed E-state index contributed by atoms with van der Waals surface area (Å²) in [5.74, 6) is 2.20. The van der Waals surface area contributed by atoms with E-state index in [9.17, 15) is 0 Å². The van der Waals surface area contributed by atoms with Crippen LogP contribution in [0.2, 0.25) is 0 Å². The Morgan fingerprint density at radius 2 is 1.52 bits per heavy atom. The number of benzene rings is 3. The molecule has 0 spiro atoms. The van der Waals surface area contributed by atoms with Crippen molar-refractivity contribution in [1.82, 2.24) is 0 Å². The first-order valence-corrected chi connectivity index (χ1v) is 9.52. The number of aryl methyl sites for hydroxylation is 1. The molecule has 0 amide bonds. The monoisotopic (exact) mass is 383 g/mol. The first-order valence-electron chi connectivity index (χ1n) is 9.52. The van der Waals surface area contributed by atoms with Crippen LogP contribution in [0.25, 0.3) is 23.1 Å². The van der Waals surface area contributed by atoms with Gasteiger partial charge in [0.15, 0.2) is 0 Å². The van der Waals surface area contributed by atoms with Crippen LogP contribution in [0, 0.1) is 6.92 Å². The third-order valence-corrected chi connectivity index (χ3v) is 5.27. The molecule has 4 nitrogen and oxygen atoms in total. The lowest BCUT2D eigenvalue weighted by molar-refractivity contribution is 0.395. The van der Waals surface area contributed by atoms with E-state index >= 15 is 0 Å². The van der Waals surface area contributed by atoms with E-state index in [0.717, 1.165) is 56.4 Å². The molecule has 5 rings (SSSR count). The highest BCUT2D eigenvalue weighted by Gasteiger charge is 2.30. The smallest absolute Gasteiger partial charge is 0.213 e. The third kappa shape index (κ3) is 2.68. The number of hydrogen-bond acceptors (Lipinski definition) is 4. The Kier molecular flexibility index (Phi) is 4.06. The second kappa shape index (κ2) is 6.74. The quantitative estimate of drug-likeness (QED) is 0.347. The molecule has 4 aromatic rings. The minimum Gasteiger partial charge on any atom is -0.494 e. The number of hydrogen-bond donors (Lipinski definition) is 0. The van der Waals surface area contributed by atoms with Gasteiger partial charge in [-0.1, -0.05) is 42.5 Å². The van der Waals surface area contributed by atoms with Crippen molar-refractivity contribution in [2.24, 2.45) is 0 Å². The standard InChI is InChI=1S/C25H21NO3/c1-16-14-22(27-2)24(23(15-16)28-3)26-20-10-6-4-8-17(20)12-13-19-18-9-5-7-11-21(18)29-25(19)26/h4-15H,1-3H3. The largest absolute Gasteiger partial charge is 0.494 e. The molecule has 0 radical (unpaired) electrons. The van der Waals surface area contributed by atoms with E-state index in [1.165, 1.54) is 0 Å². The fourth-order valence-corrected chi connectivity index (χ4v) is 3.96. The topological polar surface area (TPSA) is 34.8 Å². The van der Waals surface area contributed by atoms with Crippen LogP contribution in [0.1, 0.15) is 16.7 Å². The van der Waals surface area contributed by atoms with Crippen molar-refractivity contribution in [3.05, 3.63) is 77.4 Å². The van der Waals surface area contributed by atoms with E-state index in [2.05, 4.69) is 35.3 Å². The molecule has 2 heterocycles. The molecule has 0 fully saturated rings. The Balaban J connectivity index is 1.90. The maximum Gasteiger partial charge on any atom is 0.213 e. The Morgan fingerprint density at radius 3 is 2.28 bits per heavy atom. The zero-order chi connectivity index (χ0) is 20.0. The van der Waals surface area contributed by atoms with Crippen LogP contribution in [0.15, 0.2) is 65.1 Å². The molecule has 0 N–H and O–H groups in total. The number of rotatable bonds is 3. The number of para-hydroxylation sites is 2. The van der Waals surface area contributed by atoms with E-state index in [1.54, 1.807) is 14.2 Å². The fourth-order valence-electron chi connectivity index (χ4n) is 3.96. The molecule has 0 saturated carbocycles. The lowest BCUT2D eigenvalue weighted by Gasteiger charge is -2.27. The summed E-state index contributed by atoms with van der Waals surface area (Å²) in [4.78, 5) is 2.10. The number of nitrogens with zero attached hydrogens (tertiary/aromatic N) is 1. The van der Waals surface area contributed by atoms with E-state index in [-0.39, 0.29) is 0 Å². The average Bonchev–Trinajstić information content (AvgIpc) is 3.03. The highest BCUT2D eigenvalue weighted by atomic mass is 16.5. The summed E-state index contributed by atoms with van der Waals surface area (Å²) in [6.07, 6.45) is 4.25. The van der Waals surface area contributed by atoms with Gasteiger partial charge in [-0.3, -0.25) is 4.90 Å². The first kappa shape index (κ1) is 17.4. The van der Waals surface area contributed by atoms with Gasteiger partial charge in [0.1, 0.15) is 22.8 Å². The molecule has 1 aliphatic heterocycles. The van der Waals surface area contributed by atoms with E-state index < -0.39 is 0 Å². The zero-order valence-corrected chi connectivity index (χ0v) is 16.6. The third-order valence-electron chi connectivity index (χ3n) is 5.27. The van der Waals surface area contributed by atoms with Crippen LogP contribution < -0.4 is 14.4 Å². The van der Waals surface area contributed by atoms with Gasteiger partial charge in [-0.25, -0.2) is 0 Å². The lowest BCUT2D eigenvalue weighted by Crippen LogP contribution is -2.13. The van der Waals surface area contributed by atoms with Gasteiger partial charge in [0, 0.05) is 10.9 Å². The van der Waals surface area contributed by atoms with Gasteiger partial charge in [0.25, 0.3) is 0 Å². The van der Waals surface area contributed by atoms with Crippen molar-refractivity contribution in [1.29, 1.82) is 0 Å². The number of furan rings is 1. The average molecular weight is 383 g/mol. The molecule has 1 aliphatic rings. The summed E-state index contributed by atoms with van der Waals surface area (Å²) in [6, 6.07) is 20.4. The first-order chi connectivity index (χ1) is 14.2. The summed E-state index contributed by atoms with van der Waals surface area (Å²) < 4.78 is 18.0. The van der Waals surface area contributed by atoms with Gasteiger partial charge in [-0.2, -0.15) is 0 Å². The molecule has 4 heteroatoms. The normalized spacial score (nSPS) is 12.4. The van der Waals surface area contributed by atoms with Crippen molar-refractivity contribution < 1.29 is 13.9 Å². The summed E-state index contributed by atoms with van der Waals surface area (Å²) in [5, 5.41) is 1.07. The van der Waals surface area contributed by atoms with Gasteiger partial charge >= 0.3 is 0 Å². The highest BCUT2D eigenvalue weighted by Crippen LogP contribution is 2.51. The molecule has 29 heavy (non-hydrogen) atoms. The second-order valence-corrected chi connectivity index (χ2v) is 7.06. The Bertz CT molecular complexity index is 1230. The highest BCUT2D eigenvalue weighted by molar-refractivity contribution is 6.02. The zero-order valence-electron chi connectivity index (χ0n) is 16.6. The van der Waals surface area contributed by atoms with Crippen molar-refractivity contribution in [3.8, 4) is 11.5 Å². The van der Waals surface area contributed by atoms with Gasteiger partial charge in [0.2, 0.25) is 5.88 Å². The maximum absolute atomic E-state index is 6.39. The van der Waals surface area contributed by atoms with Gasteiger partial charge in [-0.15, -0.1) is 0 Å². The summed E-state index contributed by atoms with van der Waals surface area (Å²) >= 11 is 0. The summed E-state index contributed by atoms with van der Waals surface area (Å²) in [5.41, 5.74) is 5.85. The number of methoxy groups -OCH3 is 2. The van der Waals surface area contributed by atoms with Crippen LogP contribution in [-0.4, -0.2) is 14.2 Å². The predicted molar refractivity (Wildman–Crippen MR) is 118 cm³/mol. The van der Waals surface area contributed by atoms with Crippen molar-refractivity contribution in [2.45, 2.75) is 6.92 Å². The minimum atomic E-state index is 0.727. The molecular formula is C25H21NO3. The van der Waals surface area contributed by atoms with Gasteiger partial charge in [0.05, 0.1) is 19.9 Å². The van der Waals surface area contributed by atoms with Crippen LogP contribution in [0.5, 0.6) is 11.5 Å². The Morgan fingerprint density at radius 1 is 0.828 bits per heavy atom. The molecule has 0 unspecified atom stereocenters. The molecule has 0 bridgehead atoms. The van der Waals surface area contributed by atoms with Gasteiger partial charge < -0.3 is 13.9 Å². The molecule has 0 aliphatic carbocycles. The summed E-state index contributed by atoms with van der Waals surface area (Å²) in [7, 11) is 3.36. The van der Waals surface area contributed by atoms with Crippen LogP contribution in [0.4, 0.5) is 17.3 Å². The van der Waals surface area contributed by atoms with Crippen LogP contribution in [0.3, 0.4) is 0 Å². The van der Waals surface area contributed by atoms with E-state index in [0.29, 0.717) is 0 Å². The molecule has 1 aromatic heterocycles. The Labute approximate surface area is 169 Å². The molecule has 0 saturated heterocycles. The SMILES string of the molecule is COc1cc(C)cc(OC)c1N1c2ccccc2C=Cc2c1oc1ccccc21. The van der Waals surface area contributed by atoms with Crippen LogP contribution >= 0.6 is 0 Å². The molecular weight excluding hydrogens is 362 g/mol. The number of anilines is 3. The molecule has 3 aromatic carbocycles. The molecule has 144 valence electrons. The van der Waals surface area contributed by atoms with E-state index in [1.807, 2.05) is 49.4 Å². The Hall–Kier alpha value is -3.66. The fraction of sp³-hybridized carbons (Fsp3) is 0.120. The van der Waals surface area contributed by atoms with Crippen molar-refractivity contribution in [2.75, 3.05) is 19.1 Å². The van der Waals surface area contributed by atoms with E-state index in [4.69, 9.17) is 13.9 Å². The summed E-state index contributed by atoms with van der Waals surface area (Å²) in [6.45, 7) is 2.03. The number of ether oxygens (including phenoxy) is 2. The minimum absolute atomic E-state index is 0.727. The maximum atomic E-state index is 6.39. The predicted octanol–water partition coefficient (Wildman–Crippen LogP) is 6.71. The van der Waals surface area contributed by atoms with Crippen molar-refractivity contribution in [3.63, 3.8) is 0 Å². The molecule has 0 atom stereocenters.